The lowest BCUT2D eigenvalue weighted by Crippen LogP contribution is -2.53. The van der Waals surface area contributed by atoms with Crippen molar-refractivity contribution in [3.63, 3.8) is 0 Å². The Morgan fingerprint density at radius 3 is 2.78 bits per heavy atom. The van der Waals surface area contributed by atoms with Crippen molar-refractivity contribution in [3.8, 4) is 0 Å². The summed E-state index contributed by atoms with van der Waals surface area (Å²) < 4.78 is 23.7. The van der Waals surface area contributed by atoms with Crippen molar-refractivity contribution in [1.82, 2.24) is 9.55 Å². The van der Waals surface area contributed by atoms with Gasteiger partial charge in [-0.05, 0) is 13.8 Å². The number of rotatable bonds is 2. The summed E-state index contributed by atoms with van der Waals surface area (Å²) in [7, 11) is 0. The van der Waals surface area contributed by atoms with E-state index in [0.717, 1.165) is 0 Å². The maximum Gasteiger partial charge on any atom is 0.330 e. The second kappa shape index (κ2) is 5.59. The van der Waals surface area contributed by atoms with Crippen LogP contribution in [0.2, 0.25) is 0 Å². The standard InChI is InChI=1S/C14H18N2O7/c1-7(17)21-11-10-8(22-14(2,3)23-10)6-20-12(11)16-5-4-9(18)15-13(16)19/h4-5,8,10-12H,6H2,1-3H3,(H,15,18,19)/t8-,10-,11+,12+/m1/s1. The molecule has 9 heteroatoms. The van der Waals surface area contributed by atoms with Crippen LogP contribution >= 0.6 is 0 Å². The van der Waals surface area contributed by atoms with E-state index in [1.54, 1.807) is 13.8 Å². The van der Waals surface area contributed by atoms with E-state index >= 15 is 0 Å². The third-order valence-electron chi connectivity index (χ3n) is 3.68. The van der Waals surface area contributed by atoms with Crippen LogP contribution in [0, 0.1) is 0 Å². The summed E-state index contributed by atoms with van der Waals surface area (Å²) in [6, 6.07) is 1.19. The second-order valence-electron chi connectivity index (χ2n) is 5.95. The highest BCUT2D eigenvalue weighted by Gasteiger charge is 2.53. The number of carbonyl (C=O) groups is 1. The molecule has 1 N–H and O–H groups in total. The summed E-state index contributed by atoms with van der Waals surface area (Å²) in [6.07, 6.45) is -1.49. The highest BCUT2D eigenvalue weighted by atomic mass is 16.8. The molecule has 0 spiro atoms. The lowest BCUT2D eigenvalue weighted by atomic mass is 10.0. The van der Waals surface area contributed by atoms with Crippen molar-refractivity contribution in [2.24, 2.45) is 0 Å². The molecule has 0 unspecified atom stereocenters. The van der Waals surface area contributed by atoms with Crippen LogP contribution < -0.4 is 11.2 Å². The summed E-state index contributed by atoms with van der Waals surface area (Å²) in [6.45, 7) is 4.92. The first-order chi connectivity index (χ1) is 10.8. The first-order valence-electron chi connectivity index (χ1n) is 7.23. The fraction of sp³-hybridized carbons (Fsp3) is 0.643. The van der Waals surface area contributed by atoms with Crippen molar-refractivity contribution in [2.75, 3.05) is 6.61 Å². The molecular weight excluding hydrogens is 308 g/mol. The summed E-state index contributed by atoms with van der Waals surface area (Å²) in [5.74, 6) is -1.38. The number of hydrogen-bond donors (Lipinski definition) is 1. The Bertz CT molecular complexity index is 722. The van der Waals surface area contributed by atoms with Crippen LogP contribution in [0.5, 0.6) is 0 Å². The Morgan fingerprint density at radius 1 is 1.39 bits per heavy atom. The second-order valence-corrected chi connectivity index (χ2v) is 5.95. The van der Waals surface area contributed by atoms with E-state index in [1.165, 1.54) is 23.8 Å². The third kappa shape index (κ3) is 3.07. The Labute approximate surface area is 131 Å². The molecule has 2 aliphatic rings. The van der Waals surface area contributed by atoms with Gasteiger partial charge in [0.2, 0.25) is 0 Å². The van der Waals surface area contributed by atoms with Gasteiger partial charge in [-0.3, -0.25) is 19.1 Å². The number of esters is 1. The minimum Gasteiger partial charge on any atom is -0.455 e. The minimum atomic E-state index is -0.915. The number of carbonyl (C=O) groups excluding carboxylic acids is 1. The Kier molecular flexibility index (Phi) is 3.86. The average Bonchev–Trinajstić information content (AvgIpc) is 2.74. The van der Waals surface area contributed by atoms with Gasteiger partial charge < -0.3 is 18.9 Å². The van der Waals surface area contributed by atoms with Gasteiger partial charge in [-0.2, -0.15) is 0 Å². The molecular formula is C14H18N2O7. The van der Waals surface area contributed by atoms with Gasteiger partial charge in [0, 0.05) is 19.2 Å². The molecule has 0 amide bonds. The van der Waals surface area contributed by atoms with Crippen LogP contribution in [-0.4, -0.2) is 46.2 Å². The quantitative estimate of drug-likeness (QED) is 0.731. The van der Waals surface area contributed by atoms with E-state index in [4.69, 9.17) is 18.9 Å². The number of nitrogens with one attached hydrogen (secondary N) is 1. The van der Waals surface area contributed by atoms with Crippen LogP contribution in [0.15, 0.2) is 21.9 Å². The average molecular weight is 326 g/mol. The van der Waals surface area contributed by atoms with Gasteiger partial charge in [-0.25, -0.2) is 4.79 Å². The molecule has 3 rings (SSSR count). The summed E-state index contributed by atoms with van der Waals surface area (Å²) in [4.78, 5) is 36.8. The molecule has 0 radical (unpaired) electrons. The molecule has 4 atom stereocenters. The lowest BCUT2D eigenvalue weighted by Gasteiger charge is -2.37. The van der Waals surface area contributed by atoms with Crippen molar-refractivity contribution in [1.29, 1.82) is 0 Å². The predicted molar refractivity (Wildman–Crippen MR) is 75.7 cm³/mol. The lowest BCUT2D eigenvalue weighted by molar-refractivity contribution is -0.205. The van der Waals surface area contributed by atoms with E-state index in [9.17, 15) is 14.4 Å². The Morgan fingerprint density at radius 2 is 2.13 bits per heavy atom. The van der Waals surface area contributed by atoms with E-state index in [0.29, 0.717) is 0 Å². The minimum absolute atomic E-state index is 0.169. The van der Waals surface area contributed by atoms with Crippen molar-refractivity contribution in [2.45, 2.75) is 51.1 Å². The van der Waals surface area contributed by atoms with Crippen LogP contribution in [0.3, 0.4) is 0 Å². The number of ether oxygens (including phenoxy) is 4. The fourth-order valence-corrected chi connectivity index (χ4v) is 2.90. The summed E-state index contributed by atoms with van der Waals surface area (Å²) >= 11 is 0. The summed E-state index contributed by atoms with van der Waals surface area (Å²) in [5.41, 5.74) is -1.18. The molecule has 0 bridgehead atoms. The van der Waals surface area contributed by atoms with E-state index in [1.807, 2.05) is 0 Å². The topological polar surface area (TPSA) is 109 Å². The zero-order valence-corrected chi connectivity index (χ0v) is 13.0. The molecule has 126 valence electrons. The highest BCUT2D eigenvalue weighted by Crippen LogP contribution is 2.38. The van der Waals surface area contributed by atoms with Crippen LogP contribution in [-0.2, 0) is 23.7 Å². The number of nitrogens with zero attached hydrogens (tertiary/aromatic N) is 1. The zero-order chi connectivity index (χ0) is 16.8. The van der Waals surface area contributed by atoms with Gasteiger partial charge in [0.05, 0.1) is 6.61 Å². The van der Waals surface area contributed by atoms with Gasteiger partial charge in [0.15, 0.2) is 18.1 Å². The molecule has 9 nitrogen and oxygen atoms in total. The number of hydrogen-bond acceptors (Lipinski definition) is 7. The first kappa shape index (κ1) is 15.9. The molecule has 0 aliphatic carbocycles. The van der Waals surface area contributed by atoms with Crippen LogP contribution in [0.25, 0.3) is 0 Å². The van der Waals surface area contributed by atoms with Gasteiger partial charge in [0.1, 0.15) is 12.2 Å². The molecule has 1 aromatic rings. The fourth-order valence-electron chi connectivity index (χ4n) is 2.90. The Hall–Kier alpha value is -1.97. The van der Waals surface area contributed by atoms with Crippen molar-refractivity contribution in [3.05, 3.63) is 33.1 Å². The Balaban J connectivity index is 1.97. The van der Waals surface area contributed by atoms with Crippen molar-refractivity contribution < 1.29 is 23.7 Å². The van der Waals surface area contributed by atoms with E-state index in [2.05, 4.69) is 4.98 Å². The number of aromatic amines is 1. The normalized spacial score (nSPS) is 32.3. The molecule has 23 heavy (non-hydrogen) atoms. The number of fused-ring (bicyclic) bond motifs is 1. The highest BCUT2D eigenvalue weighted by molar-refractivity contribution is 5.66. The van der Waals surface area contributed by atoms with E-state index in [-0.39, 0.29) is 6.61 Å². The maximum absolute atomic E-state index is 12.0. The molecule has 0 saturated carbocycles. The molecule has 3 heterocycles. The van der Waals surface area contributed by atoms with Crippen LogP contribution in [0.1, 0.15) is 27.0 Å². The molecule has 2 aliphatic heterocycles. The van der Waals surface area contributed by atoms with Gasteiger partial charge in [-0.1, -0.05) is 0 Å². The maximum atomic E-state index is 12.0. The summed E-state index contributed by atoms with van der Waals surface area (Å²) in [5, 5.41) is 0. The molecule has 1 aromatic heterocycles. The van der Waals surface area contributed by atoms with Gasteiger partial charge in [0.25, 0.3) is 5.56 Å². The smallest absolute Gasteiger partial charge is 0.330 e. The zero-order valence-electron chi connectivity index (χ0n) is 13.0. The van der Waals surface area contributed by atoms with Gasteiger partial charge in [-0.15, -0.1) is 0 Å². The molecule has 2 fully saturated rings. The van der Waals surface area contributed by atoms with Crippen LogP contribution in [0.4, 0.5) is 0 Å². The predicted octanol–water partition coefficient (Wildman–Crippen LogP) is -0.483. The first-order valence-corrected chi connectivity index (χ1v) is 7.23. The third-order valence-corrected chi connectivity index (χ3v) is 3.68. The monoisotopic (exact) mass is 326 g/mol. The SMILES string of the molecule is CC(=O)O[C@H]1[C@@H]2OC(C)(C)O[C@@H]2CO[C@@H]1n1ccc(=O)[nH]c1=O. The molecule has 2 saturated heterocycles. The van der Waals surface area contributed by atoms with Crippen molar-refractivity contribution >= 4 is 5.97 Å². The number of aromatic nitrogens is 2. The largest absolute Gasteiger partial charge is 0.455 e. The van der Waals surface area contributed by atoms with E-state index < -0.39 is 47.5 Å². The molecule has 0 aromatic carbocycles. The van der Waals surface area contributed by atoms with Gasteiger partial charge >= 0.3 is 11.7 Å². The number of H-pyrrole nitrogens is 1.